The van der Waals surface area contributed by atoms with E-state index in [2.05, 4.69) is 22.1 Å². The third-order valence-electron chi connectivity index (χ3n) is 2.49. The van der Waals surface area contributed by atoms with E-state index in [1.807, 2.05) is 24.3 Å². The number of hydrogen-bond donors (Lipinski definition) is 2. The van der Waals surface area contributed by atoms with Crippen molar-refractivity contribution in [3.05, 3.63) is 52.2 Å². The van der Waals surface area contributed by atoms with E-state index in [0.717, 1.165) is 24.2 Å². The van der Waals surface area contributed by atoms with Crippen molar-refractivity contribution in [1.82, 2.24) is 0 Å². The lowest BCUT2D eigenvalue weighted by Crippen LogP contribution is -2.09. The summed E-state index contributed by atoms with van der Waals surface area (Å²) in [7, 11) is 0. The van der Waals surface area contributed by atoms with Crippen LogP contribution in [0.15, 0.2) is 41.1 Å². The first-order valence-electron chi connectivity index (χ1n) is 5.40. The molecule has 17 heavy (non-hydrogen) atoms. The highest BCUT2D eigenvalue weighted by Gasteiger charge is 1.97. The van der Waals surface area contributed by atoms with Crippen LogP contribution in [0.3, 0.4) is 0 Å². The van der Waals surface area contributed by atoms with E-state index in [1.165, 1.54) is 5.56 Å². The minimum atomic E-state index is 0.440. The topological polar surface area (TPSA) is 38.0 Å². The summed E-state index contributed by atoms with van der Waals surface area (Å²) in [5, 5.41) is 7.65. The van der Waals surface area contributed by atoms with Crippen LogP contribution in [0.25, 0.3) is 0 Å². The average molecular weight is 262 g/mol. The van der Waals surface area contributed by atoms with Crippen molar-refractivity contribution in [3.63, 3.8) is 0 Å². The number of nitrogens with one attached hydrogen (secondary N) is 1. The van der Waals surface area contributed by atoms with Crippen molar-refractivity contribution in [2.75, 3.05) is 11.9 Å². The van der Waals surface area contributed by atoms with Crippen LogP contribution < -0.4 is 11.1 Å². The molecule has 2 rings (SSSR count). The number of thiophene rings is 1. The van der Waals surface area contributed by atoms with Crippen LogP contribution in [0.1, 0.15) is 11.1 Å². The maximum absolute atomic E-state index is 5.54. The Kier molecular flexibility index (Phi) is 4.12. The molecule has 0 saturated carbocycles. The zero-order valence-electron chi connectivity index (χ0n) is 9.35. The van der Waals surface area contributed by atoms with Crippen molar-refractivity contribution < 1.29 is 0 Å². The van der Waals surface area contributed by atoms with Gasteiger partial charge in [0, 0.05) is 17.8 Å². The predicted octanol–water partition coefficient (Wildman–Crippen LogP) is 3.04. The fourth-order valence-corrected chi connectivity index (χ4v) is 2.38. The molecule has 1 heterocycles. The molecule has 0 radical (unpaired) electrons. The molecule has 0 atom stereocenters. The normalized spacial score (nSPS) is 10.1. The van der Waals surface area contributed by atoms with Gasteiger partial charge in [0.05, 0.1) is 0 Å². The van der Waals surface area contributed by atoms with Crippen molar-refractivity contribution in [2.45, 2.75) is 6.42 Å². The first-order valence-corrected chi connectivity index (χ1v) is 6.75. The van der Waals surface area contributed by atoms with Crippen LogP contribution >= 0.6 is 23.6 Å². The SMILES string of the molecule is NC(=S)c1ccc(NCCc2ccsc2)cc1. The molecule has 2 nitrogen and oxygen atoms in total. The number of benzene rings is 1. The molecular formula is C13H14N2S2. The van der Waals surface area contributed by atoms with Gasteiger partial charge in [-0.2, -0.15) is 11.3 Å². The van der Waals surface area contributed by atoms with Gasteiger partial charge < -0.3 is 11.1 Å². The maximum atomic E-state index is 5.54. The number of thiocarbonyl (C=S) groups is 1. The molecule has 0 aliphatic heterocycles. The monoisotopic (exact) mass is 262 g/mol. The first kappa shape index (κ1) is 12.1. The molecule has 0 fully saturated rings. The van der Waals surface area contributed by atoms with Crippen molar-refractivity contribution in [1.29, 1.82) is 0 Å². The molecule has 0 aliphatic carbocycles. The van der Waals surface area contributed by atoms with E-state index in [1.54, 1.807) is 11.3 Å². The molecule has 0 saturated heterocycles. The highest BCUT2D eigenvalue weighted by molar-refractivity contribution is 7.80. The molecule has 0 bridgehead atoms. The van der Waals surface area contributed by atoms with Gasteiger partial charge in [0.25, 0.3) is 0 Å². The second kappa shape index (κ2) is 5.80. The van der Waals surface area contributed by atoms with E-state index < -0.39 is 0 Å². The molecule has 0 spiro atoms. The zero-order valence-corrected chi connectivity index (χ0v) is 11.0. The fourth-order valence-electron chi connectivity index (χ4n) is 1.54. The molecular weight excluding hydrogens is 248 g/mol. The third kappa shape index (κ3) is 3.54. The van der Waals surface area contributed by atoms with Crippen LogP contribution in [-0.2, 0) is 6.42 Å². The van der Waals surface area contributed by atoms with E-state index in [-0.39, 0.29) is 0 Å². The molecule has 0 aliphatic rings. The quantitative estimate of drug-likeness (QED) is 0.813. The molecule has 3 N–H and O–H groups in total. The first-order chi connectivity index (χ1) is 8.25. The zero-order chi connectivity index (χ0) is 12.1. The summed E-state index contributed by atoms with van der Waals surface area (Å²) < 4.78 is 0. The Morgan fingerprint density at radius 3 is 2.59 bits per heavy atom. The van der Waals surface area contributed by atoms with E-state index in [4.69, 9.17) is 18.0 Å². The van der Waals surface area contributed by atoms with E-state index in [0.29, 0.717) is 4.99 Å². The van der Waals surface area contributed by atoms with Crippen LogP contribution in [0.5, 0.6) is 0 Å². The second-order valence-electron chi connectivity index (χ2n) is 3.75. The van der Waals surface area contributed by atoms with Crippen molar-refractivity contribution >= 4 is 34.2 Å². The molecule has 0 unspecified atom stereocenters. The molecule has 0 amide bonds. The highest BCUT2D eigenvalue weighted by Crippen LogP contribution is 2.11. The van der Waals surface area contributed by atoms with Gasteiger partial charge in [0.15, 0.2) is 0 Å². The Morgan fingerprint density at radius 1 is 1.24 bits per heavy atom. The van der Waals surface area contributed by atoms with E-state index in [9.17, 15) is 0 Å². The Morgan fingerprint density at radius 2 is 2.00 bits per heavy atom. The summed E-state index contributed by atoms with van der Waals surface area (Å²) in [5.74, 6) is 0. The number of anilines is 1. The van der Waals surface area contributed by atoms with Crippen LogP contribution in [0, 0.1) is 0 Å². The summed E-state index contributed by atoms with van der Waals surface area (Å²) in [6.07, 6.45) is 1.04. The lowest BCUT2D eigenvalue weighted by molar-refractivity contribution is 1.03. The van der Waals surface area contributed by atoms with E-state index >= 15 is 0 Å². The summed E-state index contributed by atoms with van der Waals surface area (Å²) in [6.45, 7) is 0.934. The highest BCUT2D eigenvalue weighted by atomic mass is 32.1. The largest absolute Gasteiger partial charge is 0.389 e. The van der Waals surface area contributed by atoms with Crippen molar-refractivity contribution in [3.8, 4) is 0 Å². The molecule has 1 aromatic carbocycles. The van der Waals surface area contributed by atoms with Crippen LogP contribution in [-0.4, -0.2) is 11.5 Å². The summed E-state index contributed by atoms with van der Waals surface area (Å²) in [5.41, 5.74) is 8.92. The maximum Gasteiger partial charge on any atom is 0.103 e. The number of nitrogens with two attached hydrogens (primary N) is 1. The Labute approximate surface area is 110 Å². The Hall–Kier alpha value is -1.39. The molecule has 2 aromatic rings. The lowest BCUT2D eigenvalue weighted by atomic mass is 10.2. The third-order valence-corrected chi connectivity index (χ3v) is 3.46. The predicted molar refractivity (Wildman–Crippen MR) is 78.8 cm³/mol. The minimum Gasteiger partial charge on any atom is -0.389 e. The molecule has 88 valence electrons. The van der Waals surface area contributed by atoms with Gasteiger partial charge in [-0.25, -0.2) is 0 Å². The number of rotatable bonds is 5. The van der Waals surface area contributed by atoms with Gasteiger partial charge in [-0.15, -0.1) is 0 Å². The smallest absolute Gasteiger partial charge is 0.103 e. The van der Waals surface area contributed by atoms with Gasteiger partial charge in [-0.3, -0.25) is 0 Å². The van der Waals surface area contributed by atoms with Crippen molar-refractivity contribution in [2.24, 2.45) is 5.73 Å². The van der Waals surface area contributed by atoms with Gasteiger partial charge in [0.2, 0.25) is 0 Å². The van der Waals surface area contributed by atoms with Gasteiger partial charge in [0.1, 0.15) is 4.99 Å². The van der Waals surface area contributed by atoms with Gasteiger partial charge in [-0.05, 0) is 53.1 Å². The minimum absolute atomic E-state index is 0.440. The second-order valence-corrected chi connectivity index (χ2v) is 4.97. The Balaban J connectivity index is 1.85. The van der Waals surface area contributed by atoms with Gasteiger partial charge in [-0.1, -0.05) is 12.2 Å². The van der Waals surface area contributed by atoms with Gasteiger partial charge >= 0.3 is 0 Å². The lowest BCUT2D eigenvalue weighted by Gasteiger charge is -2.06. The number of hydrogen-bond acceptors (Lipinski definition) is 3. The standard InChI is InChI=1S/C13H14N2S2/c14-13(16)11-1-3-12(4-2-11)15-7-5-10-6-8-17-9-10/h1-4,6,8-9,15H,5,7H2,(H2,14,16). The fraction of sp³-hybridized carbons (Fsp3) is 0.154. The summed E-state index contributed by atoms with van der Waals surface area (Å²) in [6, 6.07) is 10.0. The molecule has 1 aromatic heterocycles. The van der Waals surface area contributed by atoms with Crippen LogP contribution in [0.4, 0.5) is 5.69 Å². The van der Waals surface area contributed by atoms with Crippen LogP contribution in [0.2, 0.25) is 0 Å². The Bertz CT molecular complexity index is 475. The molecule has 4 heteroatoms. The average Bonchev–Trinajstić information content (AvgIpc) is 2.83. The summed E-state index contributed by atoms with van der Waals surface area (Å²) in [4.78, 5) is 0.440. The summed E-state index contributed by atoms with van der Waals surface area (Å²) >= 11 is 6.64.